The molecule has 0 aliphatic carbocycles. The monoisotopic (exact) mass is 289 g/mol. The van der Waals surface area contributed by atoms with Crippen LogP contribution in [0.3, 0.4) is 0 Å². The number of halogens is 1. The maximum Gasteiger partial charge on any atom is 0.198 e. The van der Waals surface area contributed by atoms with Crippen molar-refractivity contribution >= 4 is 33.9 Å². The molecule has 2 N–H and O–H groups in total. The summed E-state index contributed by atoms with van der Waals surface area (Å²) in [7, 11) is 1.82. The molecule has 0 saturated carbocycles. The summed E-state index contributed by atoms with van der Waals surface area (Å²) < 4.78 is 1.67. The lowest BCUT2D eigenvalue weighted by Gasteiger charge is -1.99. The minimum atomic E-state index is 0.0502. The molecular weight excluding hydrogens is 278 g/mol. The van der Waals surface area contributed by atoms with Crippen LogP contribution in [0.15, 0.2) is 29.6 Å². The van der Waals surface area contributed by atoms with E-state index in [1.807, 2.05) is 14.0 Å². The molecule has 3 aromatic rings. The Labute approximate surface area is 119 Å². The van der Waals surface area contributed by atoms with Gasteiger partial charge in [-0.3, -0.25) is 4.68 Å². The Morgan fingerprint density at radius 3 is 2.95 bits per heavy atom. The number of aliphatic imine (C=N–C) groups is 1. The Morgan fingerprint density at radius 1 is 1.45 bits per heavy atom. The zero-order valence-electron chi connectivity index (χ0n) is 10.9. The molecule has 3 rings (SSSR count). The molecule has 0 aromatic carbocycles. The zero-order chi connectivity index (χ0) is 14.3. The topological polar surface area (TPSA) is 79.1 Å². The van der Waals surface area contributed by atoms with Gasteiger partial charge in [0.1, 0.15) is 10.8 Å². The molecule has 3 aromatic heterocycles. The molecule has 0 atom stereocenters. The van der Waals surface area contributed by atoms with Gasteiger partial charge in [0.05, 0.1) is 35.4 Å². The van der Waals surface area contributed by atoms with Gasteiger partial charge in [-0.25, -0.2) is 9.98 Å². The second-order valence-corrected chi connectivity index (χ2v) is 4.86. The summed E-state index contributed by atoms with van der Waals surface area (Å²) in [6.45, 7) is 1.82. The third kappa shape index (κ3) is 2.14. The van der Waals surface area contributed by atoms with Crippen molar-refractivity contribution < 1.29 is 5.11 Å². The van der Waals surface area contributed by atoms with Crippen molar-refractivity contribution in [2.45, 2.75) is 6.92 Å². The van der Waals surface area contributed by atoms with Crippen molar-refractivity contribution in [1.29, 1.82) is 0 Å². The van der Waals surface area contributed by atoms with E-state index in [0.29, 0.717) is 21.9 Å². The van der Waals surface area contributed by atoms with Crippen LogP contribution in [0.4, 0.5) is 5.69 Å². The van der Waals surface area contributed by atoms with Crippen molar-refractivity contribution in [2.24, 2.45) is 12.0 Å². The number of aromatic amines is 1. The SMILES string of the molecule is CC(=Nc1cnn(C)c1)c1c(O)[nH]c2cnc(Cl)cc12. The number of fused-ring (bicyclic) bond motifs is 1. The predicted molar refractivity (Wildman–Crippen MR) is 77.8 cm³/mol. The summed E-state index contributed by atoms with van der Waals surface area (Å²) in [6, 6.07) is 1.70. The van der Waals surface area contributed by atoms with Crippen LogP contribution in [0.25, 0.3) is 10.9 Å². The van der Waals surface area contributed by atoms with Crippen LogP contribution in [-0.2, 0) is 7.05 Å². The summed E-state index contributed by atoms with van der Waals surface area (Å²) in [5.41, 5.74) is 2.72. The fraction of sp³-hybridized carbons (Fsp3) is 0.154. The summed E-state index contributed by atoms with van der Waals surface area (Å²) in [4.78, 5) is 11.3. The second-order valence-electron chi connectivity index (χ2n) is 4.47. The fourth-order valence-electron chi connectivity index (χ4n) is 2.14. The molecule has 102 valence electrons. The molecule has 0 fully saturated rings. The number of aromatic nitrogens is 4. The van der Waals surface area contributed by atoms with Gasteiger partial charge in [0.25, 0.3) is 0 Å². The van der Waals surface area contributed by atoms with E-state index in [1.165, 1.54) is 0 Å². The zero-order valence-corrected chi connectivity index (χ0v) is 11.7. The number of rotatable bonds is 2. The van der Waals surface area contributed by atoms with Crippen LogP contribution in [-0.4, -0.2) is 30.6 Å². The van der Waals surface area contributed by atoms with Crippen LogP contribution in [0, 0.1) is 0 Å². The maximum absolute atomic E-state index is 10.1. The Morgan fingerprint density at radius 2 is 2.25 bits per heavy atom. The highest BCUT2D eigenvalue weighted by atomic mass is 35.5. The predicted octanol–water partition coefficient (Wildman–Crippen LogP) is 2.80. The van der Waals surface area contributed by atoms with Gasteiger partial charge in [0, 0.05) is 12.4 Å². The smallest absolute Gasteiger partial charge is 0.198 e. The van der Waals surface area contributed by atoms with Gasteiger partial charge in [-0.05, 0) is 13.0 Å². The highest BCUT2D eigenvalue weighted by Gasteiger charge is 2.14. The average molecular weight is 290 g/mol. The number of hydrogen-bond donors (Lipinski definition) is 2. The fourth-order valence-corrected chi connectivity index (χ4v) is 2.29. The minimum Gasteiger partial charge on any atom is -0.494 e. The van der Waals surface area contributed by atoms with Crippen LogP contribution in [0.2, 0.25) is 5.15 Å². The molecule has 0 amide bonds. The van der Waals surface area contributed by atoms with E-state index in [0.717, 1.165) is 11.1 Å². The molecule has 0 spiro atoms. The molecule has 0 radical (unpaired) electrons. The lowest BCUT2D eigenvalue weighted by Crippen LogP contribution is -1.93. The third-order valence-corrected chi connectivity index (χ3v) is 3.19. The van der Waals surface area contributed by atoms with Crippen molar-refractivity contribution in [3.05, 3.63) is 35.4 Å². The first-order valence-electron chi connectivity index (χ1n) is 5.95. The number of nitrogens with one attached hydrogen (secondary N) is 1. The number of pyridine rings is 1. The highest BCUT2D eigenvalue weighted by molar-refractivity contribution is 6.30. The van der Waals surface area contributed by atoms with Gasteiger partial charge >= 0.3 is 0 Å². The Kier molecular flexibility index (Phi) is 2.94. The highest BCUT2D eigenvalue weighted by Crippen LogP contribution is 2.29. The molecule has 6 nitrogen and oxygen atoms in total. The van der Waals surface area contributed by atoms with Crippen LogP contribution < -0.4 is 0 Å². The number of nitrogens with zero attached hydrogens (tertiary/aromatic N) is 4. The summed E-state index contributed by atoms with van der Waals surface area (Å²) >= 11 is 5.91. The summed E-state index contributed by atoms with van der Waals surface area (Å²) in [5.74, 6) is 0.0502. The van der Waals surface area contributed by atoms with E-state index in [1.54, 1.807) is 29.3 Å². The number of aromatic hydroxyl groups is 1. The molecule has 0 aliphatic rings. The first kappa shape index (κ1) is 12.7. The molecule has 0 unspecified atom stereocenters. The molecule has 3 heterocycles. The van der Waals surface area contributed by atoms with Crippen LogP contribution in [0.1, 0.15) is 12.5 Å². The maximum atomic E-state index is 10.1. The van der Waals surface area contributed by atoms with Gasteiger partial charge < -0.3 is 10.1 Å². The van der Waals surface area contributed by atoms with E-state index < -0.39 is 0 Å². The average Bonchev–Trinajstić information content (AvgIpc) is 2.91. The normalized spacial score (nSPS) is 12.2. The molecule has 7 heteroatoms. The van der Waals surface area contributed by atoms with Gasteiger partial charge in [-0.2, -0.15) is 5.10 Å². The van der Waals surface area contributed by atoms with Gasteiger partial charge in [0.15, 0.2) is 5.88 Å². The van der Waals surface area contributed by atoms with Crippen molar-refractivity contribution in [2.75, 3.05) is 0 Å². The molecule has 0 bridgehead atoms. The van der Waals surface area contributed by atoms with Gasteiger partial charge in [0.2, 0.25) is 0 Å². The van der Waals surface area contributed by atoms with E-state index >= 15 is 0 Å². The quantitative estimate of drug-likeness (QED) is 0.562. The van der Waals surface area contributed by atoms with Crippen molar-refractivity contribution in [3.8, 4) is 5.88 Å². The largest absolute Gasteiger partial charge is 0.494 e. The standard InChI is InChI=1S/C13H12ClN5O/c1-7(17-8-4-16-19(2)6-8)12-9-3-11(14)15-5-10(9)18-13(12)20/h3-6,18,20H,1-2H3. The molecule has 0 aliphatic heterocycles. The third-order valence-electron chi connectivity index (χ3n) is 2.98. The number of H-pyrrole nitrogens is 1. The van der Waals surface area contributed by atoms with E-state index in [2.05, 4.69) is 20.1 Å². The van der Waals surface area contributed by atoms with Gasteiger partial charge in [-0.15, -0.1) is 0 Å². The lowest BCUT2D eigenvalue weighted by atomic mass is 10.1. The van der Waals surface area contributed by atoms with Gasteiger partial charge in [-0.1, -0.05) is 11.6 Å². The molecule has 0 saturated heterocycles. The van der Waals surface area contributed by atoms with E-state index in [4.69, 9.17) is 11.6 Å². The second kappa shape index (κ2) is 4.64. The van der Waals surface area contributed by atoms with E-state index in [-0.39, 0.29) is 5.88 Å². The first-order chi connectivity index (χ1) is 9.54. The molecule has 20 heavy (non-hydrogen) atoms. The van der Waals surface area contributed by atoms with Crippen molar-refractivity contribution in [1.82, 2.24) is 19.7 Å². The Hall–Kier alpha value is -2.34. The summed E-state index contributed by atoms with van der Waals surface area (Å²) in [5, 5.41) is 15.3. The first-order valence-corrected chi connectivity index (χ1v) is 6.33. The number of aryl methyl sites for hydroxylation is 1. The van der Waals surface area contributed by atoms with Crippen LogP contribution in [0.5, 0.6) is 5.88 Å². The van der Waals surface area contributed by atoms with Crippen molar-refractivity contribution in [3.63, 3.8) is 0 Å². The number of hydrogen-bond acceptors (Lipinski definition) is 4. The Balaban J connectivity index is 2.15. The Bertz CT molecular complexity index is 817. The van der Waals surface area contributed by atoms with E-state index in [9.17, 15) is 5.11 Å². The summed E-state index contributed by atoms with van der Waals surface area (Å²) in [6.07, 6.45) is 5.03. The van der Waals surface area contributed by atoms with Crippen LogP contribution >= 0.6 is 11.6 Å². The minimum absolute atomic E-state index is 0.0502. The lowest BCUT2D eigenvalue weighted by molar-refractivity contribution is 0.457. The molecular formula is C13H12ClN5O.